The number of carbonyl (C=O) groups excluding carboxylic acids is 1. The van der Waals surface area contributed by atoms with E-state index in [1.165, 1.54) is 0 Å². The van der Waals surface area contributed by atoms with Crippen molar-refractivity contribution in [2.24, 2.45) is 17.8 Å². The van der Waals surface area contributed by atoms with Gasteiger partial charge in [0.15, 0.2) is 11.2 Å². The van der Waals surface area contributed by atoms with Crippen LogP contribution in [0.1, 0.15) is 60.0 Å². The van der Waals surface area contributed by atoms with E-state index in [2.05, 4.69) is 34.6 Å². The van der Waals surface area contributed by atoms with Crippen LogP contribution in [-0.4, -0.2) is 10.8 Å². The molecule has 1 aliphatic heterocycles. The molecule has 1 aromatic rings. The van der Waals surface area contributed by atoms with E-state index in [0.717, 1.165) is 65.2 Å². The van der Waals surface area contributed by atoms with Crippen molar-refractivity contribution in [2.75, 3.05) is 0 Å². The van der Waals surface area contributed by atoms with Crippen molar-refractivity contribution >= 4 is 11.9 Å². The van der Waals surface area contributed by atoms with Gasteiger partial charge in [0.05, 0.1) is 5.92 Å². The molecule has 7 aliphatic carbocycles. The quantitative estimate of drug-likeness (QED) is 0.688. The standard InChI is InChI=1S/C24H22N2O2/c27-23-15-9-18-16(24(28)20-12-3-7-14(8-4-12)22(20)26-18)10-17(15)25-21-13-5-1-11(2-6-13)19(21)23/h1,3,5,7,9,11-14,16,26H,2,4,6,8,10H2,(H,25,27). The highest BCUT2D eigenvalue weighted by atomic mass is 16.1. The van der Waals surface area contributed by atoms with Crippen molar-refractivity contribution in [1.82, 2.24) is 10.3 Å². The summed E-state index contributed by atoms with van der Waals surface area (Å²) in [5, 5.41) is 3.60. The summed E-state index contributed by atoms with van der Waals surface area (Å²) in [4.78, 5) is 30.4. The molecule has 2 N–H and O–H groups in total. The van der Waals surface area contributed by atoms with Gasteiger partial charge >= 0.3 is 0 Å². The van der Waals surface area contributed by atoms with Gasteiger partial charge in [0.1, 0.15) is 0 Å². The van der Waals surface area contributed by atoms with Crippen LogP contribution in [0.15, 0.2) is 46.1 Å². The van der Waals surface area contributed by atoms with Crippen LogP contribution in [0.5, 0.6) is 0 Å². The van der Waals surface area contributed by atoms with Crippen LogP contribution >= 0.6 is 0 Å². The van der Waals surface area contributed by atoms with E-state index in [9.17, 15) is 9.59 Å². The van der Waals surface area contributed by atoms with Gasteiger partial charge in [-0.2, -0.15) is 0 Å². The molecule has 0 fully saturated rings. The molecule has 140 valence electrons. The Balaban J connectivity index is 1.38. The minimum absolute atomic E-state index is 0.174. The molecule has 0 radical (unpaired) electrons. The van der Waals surface area contributed by atoms with E-state index < -0.39 is 0 Å². The summed E-state index contributed by atoms with van der Waals surface area (Å²) in [5.74, 6) is 1.27. The van der Waals surface area contributed by atoms with E-state index in [-0.39, 0.29) is 29.0 Å². The molecule has 4 nitrogen and oxygen atoms in total. The molecule has 0 saturated carbocycles. The number of hydrogen-bond donors (Lipinski definition) is 2. The zero-order valence-electron chi connectivity index (χ0n) is 15.6. The van der Waals surface area contributed by atoms with Crippen LogP contribution in [-0.2, 0) is 11.2 Å². The van der Waals surface area contributed by atoms with Gasteiger partial charge in [0.2, 0.25) is 0 Å². The third-order valence-electron chi connectivity index (χ3n) is 7.84. The Labute approximate surface area is 163 Å². The van der Waals surface area contributed by atoms with Gasteiger partial charge in [-0.15, -0.1) is 0 Å². The Morgan fingerprint density at radius 1 is 0.857 bits per heavy atom. The summed E-state index contributed by atoms with van der Waals surface area (Å²) in [6, 6.07) is 0. The lowest BCUT2D eigenvalue weighted by Crippen LogP contribution is -2.45. The number of ketones is 1. The average molecular weight is 370 g/mol. The molecule has 0 saturated heterocycles. The first kappa shape index (κ1) is 15.3. The Bertz CT molecular complexity index is 1150. The van der Waals surface area contributed by atoms with Crippen molar-refractivity contribution in [3.05, 3.63) is 74.0 Å². The van der Waals surface area contributed by atoms with Crippen LogP contribution in [0.4, 0.5) is 0 Å². The Hall–Kier alpha value is -2.62. The summed E-state index contributed by atoms with van der Waals surface area (Å²) in [6.45, 7) is 0. The van der Waals surface area contributed by atoms with Crippen LogP contribution in [0.2, 0.25) is 0 Å². The number of aromatic nitrogens is 1. The third-order valence-corrected chi connectivity index (χ3v) is 7.84. The smallest absolute Gasteiger partial charge is 0.193 e. The molecule has 0 spiro atoms. The Morgan fingerprint density at radius 3 is 2.36 bits per heavy atom. The number of hydrogen-bond acceptors (Lipinski definition) is 3. The molecular weight excluding hydrogens is 348 g/mol. The fourth-order valence-corrected chi connectivity index (χ4v) is 6.42. The average Bonchev–Trinajstić information content (AvgIpc) is 2.75. The summed E-state index contributed by atoms with van der Waals surface area (Å²) in [7, 11) is 0. The SMILES string of the molecule is O=C1C2=C(NC3=Cc4c([nH]c5c(c4=O)C4C=CC5CC4)CC13)C1C=CC2CC1. The molecule has 0 aromatic carbocycles. The van der Waals surface area contributed by atoms with E-state index in [1.54, 1.807) is 0 Å². The van der Waals surface area contributed by atoms with Gasteiger partial charge in [0, 0.05) is 69.6 Å². The van der Waals surface area contributed by atoms with Gasteiger partial charge in [-0.3, -0.25) is 9.59 Å². The first-order valence-corrected chi connectivity index (χ1v) is 10.6. The number of rotatable bonds is 0. The molecule has 5 unspecified atom stereocenters. The maximum Gasteiger partial charge on any atom is 0.193 e. The number of Topliss-reactive ketones (excluding diaryl/α,β-unsaturated/α-hetero) is 1. The summed E-state index contributed by atoms with van der Waals surface area (Å²) < 4.78 is 0. The van der Waals surface area contributed by atoms with Crippen molar-refractivity contribution in [1.29, 1.82) is 0 Å². The van der Waals surface area contributed by atoms with Crippen molar-refractivity contribution < 1.29 is 4.79 Å². The second kappa shape index (κ2) is 5.05. The molecule has 0 amide bonds. The number of H-pyrrole nitrogens is 1. The minimum atomic E-state index is -0.177. The van der Waals surface area contributed by atoms with E-state index in [0.29, 0.717) is 18.3 Å². The number of nitrogens with one attached hydrogen (secondary N) is 2. The summed E-state index contributed by atoms with van der Waals surface area (Å²) in [5.41, 5.74) is 7.01. The van der Waals surface area contributed by atoms with Crippen LogP contribution < -0.4 is 10.7 Å². The monoisotopic (exact) mass is 370 g/mol. The number of carbonyl (C=O) groups is 1. The number of allylic oxidation sites excluding steroid dienone is 6. The fourth-order valence-electron chi connectivity index (χ4n) is 6.42. The lowest BCUT2D eigenvalue weighted by atomic mass is 9.67. The first-order chi connectivity index (χ1) is 13.7. The highest BCUT2D eigenvalue weighted by molar-refractivity contribution is 6.03. The lowest BCUT2D eigenvalue weighted by Gasteiger charge is -2.42. The number of aromatic amines is 1. The fraction of sp³-hybridized carbons (Fsp3) is 0.417. The minimum Gasteiger partial charge on any atom is -0.361 e. The van der Waals surface area contributed by atoms with Crippen LogP contribution in [0.3, 0.4) is 0 Å². The third kappa shape index (κ3) is 1.77. The Kier molecular flexibility index (Phi) is 2.76. The molecular formula is C24H22N2O2. The van der Waals surface area contributed by atoms with Crippen molar-refractivity contribution in [2.45, 2.75) is 43.9 Å². The summed E-state index contributed by atoms with van der Waals surface area (Å²) in [6.07, 6.45) is 15.9. The van der Waals surface area contributed by atoms with E-state index in [1.807, 2.05) is 6.08 Å². The lowest BCUT2D eigenvalue weighted by molar-refractivity contribution is -0.119. The number of pyridine rings is 1. The van der Waals surface area contributed by atoms with E-state index >= 15 is 0 Å². The predicted molar refractivity (Wildman–Crippen MR) is 107 cm³/mol. The second-order valence-corrected chi connectivity index (χ2v) is 9.20. The van der Waals surface area contributed by atoms with Gasteiger partial charge in [-0.25, -0.2) is 0 Å². The largest absolute Gasteiger partial charge is 0.361 e. The van der Waals surface area contributed by atoms with Crippen LogP contribution in [0.25, 0.3) is 6.08 Å². The molecule has 8 aliphatic rings. The second-order valence-electron chi connectivity index (χ2n) is 9.20. The van der Waals surface area contributed by atoms with Crippen molar-refractivity contribution in [3.63, 3.8) is 0 Å². The van der Waals surface area contributed by atoms with E-state index in [4.69, 9.17) is 0 Å². The zero-order valence-corrected chi connectivity index (χ0v) is 15.6. The van der Waals surface area contributed by atoms with Gasteiger partial charge in [-0.1, -0.05) is 24.3 Å². The predicted octanol–water partition coefficient (Wildman–Crippen LogP) is 3.44. The molecule has 4 bridgehead atoms. The topological polar surface area (TPSA) is 62.0 Å². The summed E-state index contributed by atoms with van der Waals surface area (Å²) >= 11 is 0. The maximum atomic E-state index is 13.4. The molecule has 4 heteroatoms. The zero-order chi connectivity index (χ0) is 18.6. The van der Waals surface area contributed by atoms with Crippen molar-refractivity contribution in [3.8, 4) is 0 Å². The number of fused-ring (bicyclic) bond motifs is 4. The molecule has 28 heavy (non-hydrogen) atoms. The van der Waals surface area contributed by atoms with Gasteiger partial charge in [0.25, 0.3) is 0 Å². The first-order valence-electron chi connectivity index (χ1n) is 10.6. The molecule has 1 aromatic heterocycles. The normalized spacial score (nSPS) is 35.8. The molecule has 9 rings (SSSR count). The molecule has 2 heterocycles. The Morgan fingerprint density at radius 2 is 1.57 bits per heavy atom. The highest BCUT2D eigenvalue weighted by Crippen LogP contribution is 2.47. The van der Waals surface area contributed by atoms with Gasteiger partial charge in [-0.05, 0) is 31.8 Å². The van der Waals surface area contributed by atoms with Gasteiger partial charge < -0.3 is 10.3 Å². The van der Waals surface area contributed by atoms with Crippen LogP contribution in [0, 0.1) is 17.8 Å². The molecule has 5 atom stereocenters. The maximum absolute atomic E-state index is 13.4. The highest BCUT2D eigenvalue weighted by Gasteiger charge is 2.44.